The molecule has 0 radical (unpaired) electrons. The number of carbonyl (C=O) groups excluding carboxylic acids is 1. The molecule has 4 rings (SSSR count). The molecule has 0 spiro atoms. The highest BCUT2D eigenvalue weighted by atomic mass is 35.5. The van der Waals surface area contributed by atoms with Gasteiger partial charge in [0.15, 0.2) is 0 Å². The zero-order valence-corrected chi connectivity index (χ0v) is 20.1. The van der Waals surface area contributed by atoms with Crippen molar-refractivity contribution >= 4 is 29.0 Å². The Balaban J connectivity index is 1.56. The number of alkyl halides is 3. The largest absolute Gasteiger partial charge is 0.416 e. The van der Waals surface area contributed by atoms with Crippen molar-refractivity contribution < 1.29 is 18.0 Å². The molecule has 7 nitrogen and oxygen atoms in total. The van der Waals surface area contributed by atoms with Gasteiger partial charge in [-0.05, 0) is 75.3 Å². The van der Waals surface area contributed by atoms with E-state index in [-0.39, 0.29) is 16.9 Å². The van der Waals surface area contributed by atoms with Gasteiger partial charge >= 0.3 is 6.18 Å². The summed E-state index contributed by atoms with van der Waals surface area (Å²) in [4.78, 5) is 26.0. The third-order valence-corrected chi connectivity index (χ3v) is 6.98. The monoisotopic (exact) mass is 496 g/mol. The van der Waals surface area contributed by atoms with Gasteiger partial charge in [0.25, 0.3) is 0 Å². The number of nitrogens with two attached hydrogens (primary N) is 1. The second kappa shape index (κ2) is 8.88. The molecule has 1 saturated heterocycles. The number of anilines is 2. The van der Waals surface area contributed by atoms with Gasteiger partial charge in [-0.15, -0.1) is 0 Å². The molecular formula is C23H28ClF3N6O. The van der Waals surface area contributed by atoms with Gasteiger partial charge < -0.3 is 20.9 Å². The summed E-state index contributed by atoms with van der Waals surface area (Å²) < 4.78 is 39.7. The molecule has 184 valence electrons. The summed E-state index contributed by atoms with van der Waals surface area (Å²) in [5, 5.41) is 3.17. The Kier molecular flexibility index (Phi) is 6.41. The number of carbonyl (C=O) groups is 1. The van der Waals surface area contributed by atoms with Crippen LogP contribution in [0.3, 0.4) is 0 Å². The van der Waals surface area contributed by atoms with Crippen LogP contribution in [0, 0.1) is 5.41 Å². The molecular weight excluding hydrogens is 469 g/mol. The standard InChI is InChI=1S/C23H28ClF3N6O/c1-13(14-8-15(23(25,26)27)10-16(28)9-14)29-19-17-11-33(12-18(17)30-21(24)31-19)20(34)22(2)4-6-32(3)7-5-22/h8-10,13H,4-7,11-12,28H2,1-3H3,(H,29,30,31)/t13-/m1/s1. The Hall–Kier alpha value is -2.59. The molecule has 1 atom stereocenters. The van der Waals surface area contributed by atoms with Gasteiger partial charge in [-0.3, -0.25) is 4.79 Å². The number of rotatable bonds is 4. The quantitative estimate of drug-likeness (QED) is 0.479. The van der Waals surface area contributed by atoms with Crippen molar-refractivity contribution in [1.82, 2.24) is 19.8 Å². The number of fused-ring (bicyclic) bond motifs is 1. The first-order valence-corrected chi connectivity index (χ1v) is 11.5. The topological polar surface area (TPSA) is 87.4 Å². The average molecular weight is 497 g/mol. The Bertz CT molecular complexity index is 1100. The Morgan fingerprint density at radius 2 is 1.88 bits per heavy atom. The molecule has 0 unspecified atom stereocenters. The number of likely N-dealkylation sites (tertiary alicyclic amines) is 1. The van der Waals surface area contributed by atoms with Crippen molar-refractivity contribution in [3.8, 4) is 0 Å². The third kappa shape index (κ3) is 4.93. The predicted molar refractivity (Wildman–Crippen MR) is 124 cm³/mol. The number of amides is 1. The molecule has 2 aliphatic heterocycles. The van der Waals surface area contributed by atoms with Crippen LogP contribution in [0.25, 0.3) is 0 Å². The van der Waals surface area contributed by atoms with Crippen molar-refractivity contribution in [2.75, 3.05) is 31.2 Å². The molecule has 1 aromatic carbocycles. The lowest BCUT2D eigenvalue weighted by atomic mass is 9.79. The second-order valence-electron chi connectivity index (χ2n) is 9.54. The summed E-state index contributed by atoms with van der Waals surface area (Å²) in [7, 11) is 2.05. The maximum absolute atomic E-state index is 13.4. The minimum Gasteiger partial charge on any atom is -0.399 e. The lowest BCUT2D eigenvalue weighted by molar-refractivity contribution is -0.144. The zero-order valence-electron chi connectivity index (χ0n) is 19.3. The van der Waals surface area contributed by atoms with Crippen LogP contribution in [0.2, 0.25) is 5.28 Å². The molecule has 0 aliphatic carbocycles. The third-order valence-electron chi connectivity index (χ3n) is 6.81. The Labute approximate surface area is 201 Å². The Morgan fingerprint density at radius 1 is 1.21 bits per heavy atom. The maximum atomic E-state index is 13.4. The SMILES string of the molecule is C[C@@H](Nc1nc(Cl)nc2c1CN(C(=O)C1(C)CCN(C)CC1)C2)c1cc(N)cc(C(F)(F)F)c1. The fourth-order valence-corrected chi connectivity index (χ4v) is 4.76. The van der Waals surface area contributed by atoms with Crippen LogP contribution in [-0.4, -0.2) is 45.8 Å². The highest BCUT2D eigenvalue weighted by Crippen LogP contribution is 2.38. The first-order chi connectivity index (χ1) is 15.9. The van der Waals surface area contributed by atoms with Crippen molar-refractivity contribution in [2.24, 2.45) is 5.41 Å². The number of aromatic nitrogens is 2. The van der Waals surface area contributed by atoms with E-state index in [0.717, 1.165) is 43.6 Å². The number of nitrogens with one attached hydrogen (secondary N) is 1. The molecule has 1 aromatic heterocycles. The normalized spacial score (nSPS) is 19.1. The first-order valence-electron chi connectivity index (χ1n) is 11.1. The fourth-order valence-electron chi connectivity index (χ4n) is 4.57. The van der Waals surface area contributed by atoms with Gasteiger partial charge in [-0.2, -0.15) is 13.2 Å². The van der Waals surface area contributed by atoms with E-state index in [0.29, 0.717) is 30.2 Å². The lowest BCUT2D eigenvalue weighted by Gasteiger charge is -2.38. The maximum Gasteiger partial charge on any atom is 0.416 e. The Morgan fingerprint density at radius 3 is 2.53 bits per heavy atom. The molecule has 34 heavy (non-hydrogen) atoms. The first kappa shape index (κ1) is 24.5. The number of hydrogen-bond acceptors (Lipinski definition) is 6. The van der Waals surface area contributed by atoms with Crippen LogP contribution in [-0.2, 0) is 24.1 Å². The van der Waals surface area contributed by atoms with Gasteiger partial charge in [0, 0.05) is 16.7 Å². The molecule has 3 N–H and O–H groups in total. The van der Waals surface area contributed by atoms with Crippen molar-refractivity contribution in [3.05, 3.63) is 45.9 Å². The van der Waals surface area contributed by atoms with Crippen LogP contribution in [0.4, 0.5) is 24.7 Å². The molecule has 3 heterocycles. The van der Waals surface area contributed by atoms with Crippen LogP contribution in [0.1, 0.15) is 55.1 Å². The van der Waals surface area contributed by atoms with E-state index in [9.17, 15) is 18.0 Å². The molecule has 1 fully saturated rings. The predicted octanol–water partition coefficient (Wildman–Crippen LogP) is 4.48. The zero-order chi connectivity index (χ0) is 24.8. The second-order valence-corrected chi connectivity index (χ2v) is 9.88. The number of nitrogens with zero attached hydrogens (tertiary/aromatic N) is 4. The molecule has 0 saturated carbocycles. The molecule has 0 bridgehead atoms. The smallest absolute Gasteiger partial charge is 0.399 e. The van der Waals surface area contributed by atoms with E-state index in [2.05, 4.69) is 20.2 Å². The van der Waals surface area contributed by atoms with Gasteiger partial charge in [0.1, 0.15) is 5.82 Å². The number of benzene rings is 1. The molecule has 11 heteroatoms. The van der Waals surface area contributed by atoms with Gasteiger partial charge in [0.2, 0.25) is 11.2 Å². The highest BCUT2D eigenvalue weighted by Gasteiger charge is 2.41. The molecule has 2 aliphatic rings. The molecule has 2 aromatic rings. The van der Waals surface area contributed by atoms with Gasteiger partial charge in [-0.1, -0.05) is 6.92 Å². The van der Waals surface area contributed by atoms with Crippen molar-refractivity contribution in [2.45, 2.75) is 52.0 Å². The van der Waals surface area contributed by atoms with Gasteiger partial charge in [0.05, 0.1) is 30.4 Å². The van der Waals surface area contributed by atoms with E-state index in [1.807, 2.05) is 14.0 Å². The summed E-state index contributed by atoms with van der Waals surface area (Å²) >= 11 is 6.15. The van der Waals surface area contributed by atoms with E-state index in [1.165, 1.54) is 6.07 Å². The summed E-state index contributed by atoms with van der Waals surface area (Å²) in [5.74, 6) is 0.474. The average Bonchev–Trinajstić information content (AvgIpc) is 3.18. The van der Waals surface area contributed by atoms with E-state index >= 15 is 0 Å². The molecule has 1 amide bonds. The van der Waals surface area contributed by atoms with Crippen LogP contribution >= 0.6 is 11.6 Å². The summed E-state index contributed by atoms with van der Waals surface area (Å²) in [6.07, 6.45) is -2.95. The van der Waals surface area contributed by atoms with Crippen molar-refractivity contribution in [1.29, 1.82) is 0 Å². The van der Waals surface area contributed by atoms with Crippen LogP contribution in [0.15, 0.2) is 18.2 Å². The minimum absolute atomic E-state index is 0.0109. The van der Waals surface area contributed by atoms with Crippen molar-refractivity contribution in [3.63, 3.8) is 0 Å². The fraction of sp³-hybridized carbons (Fsp3) is 0.522. The summed E-state index contributed by atoms with van der Waals surface area (Å²) in [6, 6.07) is 2.92. The lowest BCUT2D eigenvalue weighted by Crippen LogP contribution is -2.46. The van der Waals surface area contributed by atoms with Crippen LogP contribution < -0.4 is 11.1 Å². The highest BCUT2D eigenvalue weighted by molar-refractivity contribution is 6.28. The number of halogens is 4. The number of piperidine rings is 1. The number of nitrogen functional groups attached to an aromatic ring is 1. The van der Waals surface area contributed by atoms with Gasteiger partial charge in [-0.25, -0.2) is 9.97 Å². The van der Waals surface area contributed by atoms with Crippen LogP contribution in [0.5, 0.6) is 0 Å². The van der Waals surface area contributed by atoms with E-state index in [4.69, 9.17) is 17.3 Å². The minimum atomic E-state index is -4.51. The number of hydrogen-bond donors (Lipinski definition) is 2. The van der Waals surface area contributed by atoms with E-state index in [1.54, 1.807) is 11.8 Å². The summed E-state index contributed by atoms with van der Waals surface area (Å²) in [5.41, 5.74) is 6.21. The summed E-state index contributed by atoms with van der Waals surface area (Å²) in [6.45, 7) is 6.08. The van der Waals surface area contributed by atoms with E-state index < -0.39 is 23.2 Å².